The van der Waals surface area contributed by atoms with Gasteiger partial charge in [-0.25, -0.2) is 0 Å². The van der Waals surface area contributed by atoms with Crippen LogP contribution in [0.25, 0.3) is 11.3 Å². The molecule has 2 aromatic carbocycles. The minimum atomic E-state index is -0.290. The van der Waals surface area contributed by atoms with E-state index in [1.165, 1.54) is 0 Å². The van der Waals surface area contributed by atoms with Crippen LogP contribution in [-0.2, 0) is 16.1 Å². The molecule has 0 aliphatic carbocycles. The molecular formula is C26H29N3O4. The summed E-state index contributed by atoms with van der Waals surface area (Å²) in [5.41, 5.74) is 3.02. The number of carbonyl (C=O) groups excluding carboxylic acids is 2. The average molecular weight is 448 g/mol. The molecule has 0 radical (unpaired) electrons. The highest BCUT2D eigenvalue weighted by atomic mass is 16.5. The van der Waals surface area contributed by atoms with Gasteiger partial charge in [0.2, 0.25) is 0 Å². The summed E-state index contributed by atoms with van der Waals surface area (Å²) in [5.74, 6) is 0.0510. The molecule has 1 amide bonds. The summed E-state index contributed by atoms with van der Waals surface area (Å²) in [6, 6.07) is 17.5. The molecular weight excluding hydrogens is 418 g/mol. The lowest BCUT2D eigenvalue weighted by atomic mass is 9.97. The van der Waals surface area contributed by atoms with Crippen molar-refractivity contribution in [3.05, 3.63) is 71.9 Å². The first-order chi connectivity index (χ1) is 16.1. The number of methoxy groups -OCH3 is 1. The Hall–Kier alpha value is -3.61. The number of rotatable bonds is 7. The van der Waals surface area contributed by atoms with E-state index in [0.29, 0.717) is 43.2 Å². The van der Waals surface area contributed by atoms with Crippen molar-refractivity contribution >= 4 is 11.9 Å². The number of hydrogen-bond donors (Lipinski definition) is 0. The molecule has 172 valence electrons. The molecule has 0 saturated carbocycles. The molecule has 7 heteroatoms. The summed E-state index contributed by atoms with van der Waals surface area (Å²) in [6.45, 7) is 3.66. The number of ether oxygens (including phenoxy) is 2. The highest BCUT2D eigenvalue weighted by Crippen LogP contribution is 2.28. The second-order valence-electron chi connectivity index (χ2n) is 8.15. The molecule has 1 aromatic heterocycles. The predicted molar refractivity (Wildman–Crippen MR) is 125 cm³/mol. The van der Waals surface area contributed by atoms with Crippen LogP contribution < -0.4 is 4.74 Å². The van der Waals surface area contributed by atoms with Gasteiger partial charge in [0, 0.05) is 24.8 Å². The Morgan fingerprint density at radius 1 is 1.12 bits per heavy atom. The number of nitrogens with zero attached hydrogens (tertiary/aromatic N) is 3. The van der Waals surface area contributed by atoms with Crippen molar-refractivity contribution in [1.82, 2.24) is 14.7 Å². The van der Waals surface area contributed by atoms with Crippen molar-refractivity contribution in [2.75, 3.05) is 26.8 Å². The number of benzene rings is 2. The van der Waals surface area contributed by atoms with E-state index < -0.39 is 0 Å². The van der Waals surface area contributed by atoms with Crippen LogP contribution in [-0.4, -0.2) is 53.4 Å². The highest BCUT2D eigenvalue weighted by Gasteiger charge is 2.31. The van der Waals surface area contributed by atoms with E-state index in [1.807, 2.05) is 54.6 Å². The lowest BCUT2D eigenvalue weighted by Gasteiger charge is -2.31. The maximum Gasteiger partial charge on any atom is 0.310 e. The first-order valence-electron chi connectivity index (χ1n) is 11.3. The van der Waals surface area contributed by atoms with Crippen molar-refractivity contribution in [3.63, 3.8) is 0 Å². The molecule has 1 saturated heterocycles. The number of carbonyl (C=O) groups is 2. The number of hydrogen-bond acceptors (Lipinski definition) is 5. The second-order valence-corrected chi connectivity index (χ2v) is 8.15. The van der Waals surface area contributed by atoms with Gasteiger partial charge in [0.15, 0.2) is 0 Å². The third-order valence-corrected chi connectivity index (χ3v) is 5.85. The van der Waals surface area contributed by atoms with Crippen LogP contribution in [0, 0.1) is 5.92 Å². The molecule has 2 heterocycles. The van der Waals surface area contributed by atoms with Gasteiger partial charge in [-0.1, -0.05) is 42.5 Å². The molecule has 1 atom stereocenters. The normalized spacial score (nSPS) is 15.8. The van der Waals surface area contributed by atoms with Gasteiger partial charge in [0.25, 0.3) is 5.91 Å². The van der Waals surface area contributed by atoms with Crippen LogP contribution in [0.3, 0.4) is 0 Å². The standard InChI is InChI=1S/C26H29N3O4/c1-3-33-26(31)21-12-8-14-28(17-21)25(30)23-18-29(16-19-9-5-4-6-10-19)27-24(23)20-11-7-13-22(15-20)32-2/h4-7,9-11,13,15,18,21H,3,8,12,14,16-17H2,1-2H3/t21-/m1/s1. The third-order valence-electron chi connectivity index (χ3n) is 5.85. The van der Waals surface area contributed by atoms with Gasteiger partial charge < -0.3 is 14.4 Å². The van der Waals surface area contributed by atoms with Crippen molar-refractivity contribution < 1.29 is 19.1 Å². The second kappa shape index (κ2) is 10.3. The average Bonchev–Trinajstić information content (AvgIpc) is 3.28. The van der Waals surface area contributed by atoms with Gasteiger partial charge in [-0.3, -0.25) is 14.3 Å². The van der Waals surface area contributed by atoms with Crippen LogP contribution >= 0.6 is 0 Å². The minimum Gasteiger partial charge on any atom is -0.497 e. The largest absolute Gasteiger partial charge is 0.497 e. The van der Waals surface area contributed by atoms with Crippen LogP contribution in [0.2, 0.25) is 0 Å². The first kappa shape index (κ1) is 22.6. The van der Waals surface area contributed by atoms with E-state index in [-0.39, 0.29) is 17.8 Å². The maximum atomic E-state index is 13.6. The van der Waals surface area contributed by atoms with Crippen molar-refractivity contribution in [3.8, 4) is 17.0 Å². The zero-order chi connectivity index (χ0) is 23.2. The van der Waals surface area contributed by atoms with Crippen molar-refractivity contribution in [2.24, 2.45) is 5.92 Å². The minimum absolute atomic E-state index is 0.124. The Labute approximate surface area is 193 Å². The number of amides is 1. The van der Waals surface area contributed by atoms with E-state index in [1.54, 1.807) is 29.8 Å². The topological polar surface area (TPSA) is 73.7 Å². The number of aromatic nitrogens is 2. The van der Waals surface area contributed by atoms with E-state index in [0.717, 1.165) is 24.0 Å². The highest BCUT2D eigenvalue weighted by molar-refractivity contribution is 6.00. The summed E-state index contributed by atoms with van der Waals surface area (Å²) in [5, 5.41) is 4.77. The third kappa shape index (κ3) is 5.25. The number of likely N-dealkylation sites (tertiary alicyclic amines) is 1. The maximum absolute atomic E-state index is 13.6. The summed E-state index contributed by atoms with van der Waals surface area (Å²) in [4.78, 5) is 27.7. The molecule has 7 nitrogen and oxygen atoms in total. The molecule has 0 unspecified atom stereocenters. The van der Waals surface area contributed by atoms with Crippen LogP contribution in [0.15, 0.2) is 60.8 Å². The van der Waals surface area contributed by atoms with Gasteiger partial charge in [0.1, 0.15) is 11.4 Å². The van der Waals surface area contributed by atoms with Gasteiger partial charge in [-0.05, 0) is 37.5 Å². The molecule has 0 N–H and O–H groups in total. The lowest BCUT2D eigenvalue weighted by Crippen LogP contribution is -2.42. The van der Waals surface area contributed by atoms with Gasteiger partial charge >= 0.3 is 5.97 Å². The quantitative estimate of drug-likeness (QED) is 0.512. The predicted octanol–water partition coefficient (Wildman–Crippen LogP) is 4.02. The fourth-order valence-corrected chi connectivity index (χ4v) is 4.20. The Morgan fingerprint density at radius 3 is 2.70 bits per heavy atom. The molecule has 0 spiro atoms. The number of piperidine rings is 1. The van der Waals surface area contributed by atoms with Gasteiger partial charge in [-0.15, -0.1) is 0 Å². The molecule has 3 aromatic rings. The Morgan fingerprint density at radius 2 is 1.94 bits per heavy atom. The van der Waals surface area contributed by atoms with E-state index in [2.05, 4.69) is 0 Å². The molecule has 4 rings (SSSR count). The zero-order valence-corrected chi connectivity index (χ0v) is 19.1. The fourth-order valence-electron chi connectivity index (χ4n) is 4.20. The van der Waals surface area contributed by atoms with Gasteiger partial charge in [0.05, 0.1) is 31.7 Å². The van der Waals surface area contributed by atoms with Crippen molar-refractivity contribution in [2.45, 2.75) is 26.3 Å². The first-order valence-corrected chi connectivity index (χ1v) is 11.3. The van der Waals surface area contributed by atoms with E-state index in [4.69, 9.17) is 14.6 Å². The molecule has 1 aliphatic rings. The molecule has 33 heavy (non-hydrogen) atoms. The Kier molecular flexibility index (Phi) is 7.07. The lowest BCUT2D eigenvalue weighted by molar-refractivity contribution is -0.149. The molecule has 1 aliphatic heterocycles. The summed E-state index contributed by atoms with van der Waals surface area (Å²) >= 11 is 0. The molecule has 0 bridgehead atoms. The number of esters is 1. The summed E-state index contributed by atoms with van der Waals surface area (Å²) in [6.07, 6.45) is 3.30. The summed E-state index contributed by atoms with van der Waals surface area (Å²) < 4.78 is 12.4. The fraction of sp³-hybridized carbons (Fsp3) is 0.346. The van der Waals surface area contributed by atoms with Crippen LogP contribution in [0.1, 0.15) is 35.7 Å². The molecule has 1 fully saturated rings. The van der Waals surface area contributed by atoms with Crippen LogP contribution in [0.5, 0.6) is 5.75 Å². The van der Waals surface area contributed by atoms with Crippen molar-refractivity contribution in [1.29, 1.82) is 0 Å². The zero-order valence-electron chi connectivity index (χ0n) is 19.1. The van der Waals surface area contributed by atoms with Gasteiger partial charge in [-0.2, -0.15) is 5.10 Å². The SMILES string of the molecule is CCOC(=O)[C@@H]1CCCN(C(=O)c2cn(Cc3ccccc3)nc2-c2cccc(OC)c2)C1. The smallest absolute Gasteiger partial charge is 0.310 e. The van der Waals surface area contributed by atoms with E-state index in [9.17, 15) is 9.59 Å². The summed E-state index contributed by atoms with van der Waals surface area (Å²) in [7, 11) is 1.61. The monoisotopic (exact) mass is 447 g/mol. The van der Waals surface area contributed by atoms with E-state index >= 15 is 0 Å². The van der Waals surface area contributed by atoms with Crippen LogP contribution in [0.4, 0.5) is 0 Å². The Bertz CT molecular complexity index is 1110. The Balaban J connectivity index is 1.66.